The second kappa shape index (κ2) is 7.79. The van der Waals surface area contributed by atoms with Crippen LogP contribution in [-0.2, 0) is 18.4 Å². The number of aromatic amines is 1. The summed E-state index contributed by atoms with van der Waals surface area (Å²) in [5.74, 6) is 1.50. The van der Waals surface area contributed by atoms with Crippen LogP contribution in [0.4, 0.5) is 5.82 Å². The maximum atomic E-state index is 9.79. The normalized spacial score (nSPS) is 16.9. The van der Waals surface area contributed by atoms with Gasteiger partial charge in [-0.05, 0) is 43.2 Å². The van der Waals surface area contributed by atoms with Crippen LogP contribution in [0.15, 0.2) is 36.7 Å². The summed E-state index contributed by atoms with van der Waals surface area (Å²) in [5.41, 5.74) is 5.52. The van der Waals surface area contributed by atoms with Crippen molar-refractivity contribution in [1.29, 1.82) is 0 Å². The molecule has 8 nitrogen and oxygen atoms in total. The number of aromatic nitrogens is 5. The van der Waals surface area contributed by atoms with Gasteiger partial charge in [0.05, 0.1) is 43.4 Å². The van der Waals surface area contributed by atoms with Gasteiger partial charge in [-0.15, -0.1) is 0 Å². The molecule has 0 radical (unpaired) electrons. The third-order valence-electron chi connectivity index (χ3n) is 5.89. The van der Waals surface area contributed by atoms with E-state index in [4.69, 9.17) is 14.7 Å². The van der Waals surface area contributed by atoms with E-state index in [2.05, 4.69) is 21.9 Å². The van der Waals surface area contributed by atoms with Crippen LogP contribution >= 0.6 is 0 Å². The number of nitrogens with one attached hydrogen (secondary N) is 1. The Balaban J connectivity index is 1.75. The molecule has 1 saturated heterocycles. The third kappa shape index (κ3) is 3.47. The molecular formula is C23H26N6O2. The van der Waals surface area contributed by atoms with Crippen molar-refractivity contribution >= 4 is 16.7 Å². The van der Waals surface area contributed by atoms with E-state index in [1.807, 2.05) is 55.3 Å². The van der Waals surface area contributed by atoms with Crippen LogP contribution in [0.5, 0.6) is 0 Å². The number of aliphatic hydroxyl groups excluding tert-OH is 1. The van der Waals surface area contributed by atoms with Crippen molar-refractivity contribution in [1.82, 2.24) is 24.7 Å². The predicted molar refractivity (Wildman–Crippen MR) is 120 cm³/mol. The minimum absolute atomic E-state index is 0.0458. The Hall–Kier alpha value is -3.23. The molecule has 1 unspecified atom stereocenters. The summed E-state index contributed by atoms with van der Waals surface area (Å²) >= 11 is 0. The number of benzene rings is 1. The summed E-state index contributed by atoms with van der Waals surface area (Å²) < 4.78 is 7.49. The second-order valence-electron chi connectivity index (χ2n) is 8.09. The van der Waals surface area contributed by atoms with Crippen LogP contribution in [-0.4, -0.2) is 55.6 Å². The zero-order valence-electron chi connectivity index (χ0n) is 18.0. The van der Waals surface area contributed by atoms with Gasteiger partial charge in [-0.25, -0.2) is 9.97 Å². The maximum Gasteiger partial charge on any atom is 0.162 e. The highest BCUT2D eigenvalue weighted by Gasteiger charge is 2.24. The lowest BCUT2D eigenvalue weighted by Crippen LogP contribution is -2.44. The number of H-pyrrole nitrogens is 1. The average molecular weight is 419 g/mol. The van der Waals surface area contributed by atoms with Crippen LogP contribution < -0.4 is 4.90 Å². The molecule has 4 heterocycles. The molecule has 31 heavy (non-hydrogen) atoms. The van der Waals surface area contributed by atoms with Crippen molar-refractivity contribution in [3.63, 3.8) is 0 Å². The fourth-order valence-electron chi connectivity index (χ4n) is 4.31. The molecule has 1 fully saturated rings. The fourth-order valence-corrected chi connectivity index (χ4v) is 4.31. The number of aryl methyl sites for hydroxylation is 2. The molecule has 2 N–H and O–H groups in total. The molecular weight excluding hydrogens is 392 g/mol. The first-order valence-electron chi connectivity index (χ1n) is 10.5. The molecule has 3 aromatic heterocycles. The van der Waals surface area contributed by atoms with Crippen LogP contribution in [0.1, 0.15) is 18.1 Å². The number of aliphatic hydroxyl groups is 1. The first kappa shape index (κ1) is 19.7. The molecule has 0 spiro atoms. The number of nitrogens with zero attached hydrogens (tertiary/aromatic N) is 5. The smallest absolute Gasteiger partial charge is 0.162 e. The van der Waals surface area contributed by atoms with Gasteiger partial charge >= 0.3 is 0 Å². The number of morpholine rings is 1. The molecule has 1 aliphatic rings. The zero-order chi connectivity index (χ0) is 21.5. The lowest BCUT2D eigenvalue weighted by molar-refractivity contribution is 0.0985. The average Bonchev–Trinajstić information content (AvgIpc) is 3.38. The summed E-state index contributed by atoms with van der Waals surface area (Å²) in [7, 11) is 1.93. The lowest BCUT2D eigenvalue weighted by atomic mass is 10.0. The summed E-state index contributed by atoms with van der Waals surface area (Å²) in [6.07, 6.45) is 3.75. The third-order valence-corrected chi connectivity index (χ3v) is 5.89. The predicted octanol–water partition coefficient (Wildman–Crippen LogP) is 3.05. The van der Waals surface area contributed by atoms with Gasteiger partial charge in [0.25, 0.3) is 0 Å². The number of fused-ring (bicyclic) bond motifs is 1. The van der Waals surface area contributed by atoms with Crippen molar-refractivity contribution in [2.45, 2.75) is 26.5 Å². The first-order chi connectivity index (χ1) is 15.0. The standard InChI is InChI=1S/C23H26N6O2/c1-14-11-25-28(3)22(14)20-10-21(29-6-7-31-13-15(29)2)27-23(26-20)18-8-16(12-30)9-19-17(18)4-5-24-19/h4-5,8-11,15,24,30H,6-7,12-13H2,1-3H3. The van der Waals surface area contributed by atoms with Crippen molar-refractivity contribution in [3.8, 4) is 22.8 Å². The van der Waals surface area contributed by atoms with E-state index in [1.165, 1.54) is 0 Å². The van der Waals surface area contributed by atoms with E-state index >= 15 is 0 Å². The Morgan fingerprint density at radius 3 is 2.87 bits per heavy atom. The van der Waals surface area contributed by atoms with E-state index in [0.717, 1.165) is 51.3 Å². The highest BCUT2D eigenvalue weighted by molar-refractivity contribution is 5.94. The molecule has 8 heteroatoms. The molecule has 0 aliphatic carbocycles. The lowest BCUT2D eigenvalue weighted by Gasteiger charge is -2.34. The van der Waals surface area contributed by atoms with Crippen molar-refractivity contribution in [2.75, 3.05) is 24.7 Å². The molecule has 1 aromatic carbocycles. The Kier molecular flexibility index (Phi) is 4.95. The molecule has 0 bridgehead atoms. The Bertz CT molecular complexity index is 1220. The summed E-state index contributed by atoms with van der Waals surface area (Å²) in [6.45, 7) is 6.26. The Morgan fingerprint density at radius 2 is 2.13 bits per heavy atom. The van der Waals surface area contributed by atoms with Crippen molar-refractivity contribution in [2.24, 2.45) is 7.05 Å². The molecule has 4 aromatic rings. The van der Waals surface area contributed by atoms with E-state index in [1.54, 1.807) is 0 Å². The highest BCUT2D eigenvalue weighted by atomic mass is 16.5. The van der Waals surface area contributed by atoms with Crippen LogP contribution in [0, 0.1) is 6.92 Å². The quantitative estimate of drug-likeness (QED) is 0.529. The topological polar surface area (TPSA) is 92.1 Å². The van der Waals surface area contributed by atoms with E-state index in [-0.39, 0.29) is 12.6 Å². The van der Waals surface area contributed by atoms with Gasteiger partial charge in [0.1, 0.15) is 5.82 Å². The van der Waals surface area contributed by atoms with Gasteiger partial charge in [0, 0.05) is 42.3 Å². The van der Waals surface area contributed by atoms with Gasteiger partial charge in [0.2, 0.25) is 0 Å². The summed E-state index contributed by atoms with van der Waals surface area (Å²) in [4.78, 5) is 15.5. The summed E-state index contributed by atoms with van der Waals surface area (Å²) in [6, 6.07) is 8.21. The molecule has 0 saturated carbocycles. The van der Waals surface area contributed by atoms with Crippen molar-refractivity contribution in [3.05, 3.63) is 47.8 Å². The number of hydrogen-bond donors (Lipinski definition) is 2. The number of hydrogen-bond acceptors (Lipinski definition) is 6. The molecule has 160 valence electrons. The fraction of sp³-hybridized carbons (Fsp3) is 0.348. The number of anilines is 1. The van der Waals surface area contributed by atoms with E-state index in [9.17, 15) is 5.11 Å². The monoisotopic (exact) mass is 418 g/mol. The van der Waals surface area contributed by atoms with Gasteiger partial charge in [-0.3, -0.25) is 4.68 Å². The SMILES string of the molecule is Cc1cnn(C)c1-c1cc(N2CCOCC2C)nc(-c2cc(CO)cc3[nH]ccc23)n1. The number of ether oxygens (including phenoxy) is 1. The molecule has 0 amide bonds. The maximum absolute atomic E-state index is 9.79. The molecule has 5 rings (SSSR count). The zero-order valence-corrected chi connectivity index (χ0v) is 18.0. The van der Waals surface area contributed by atoms with Crippen molar-refractivity contribution < 1.29 is 9.84 Å². The minimum Gasteiger partial charge on any atom is -0.392 e. The molecule has 1 atom stereocenters. The number of rotatable bonds is 4. The second-order valence-corrected chi connectivity index (χ2v) is 8.09. The first-order valence-corrected chi connectivity index (χ1v) is 10.5. The van der Waals surface area contributed by atoms with Gasteiger partial charge in [-0.2, -0.15) is 5.10 Å². The van der Waals surface area contributed by atoms with Gasteiger partial charge in [0.15, 0.2) is 5.82 Å². The molecule has 1 aliphatic heterocycles. The minimum atomic E-state index is -0.0458. The van der Waals surface area contributed by atoms with Gasteiger partial charge < -0.3 is 19.7 Å². The van der Waals surface area contributed by atoms with E-state index < -0.39 is 0 Å². The Labute approximate surface area is 180 Å². The van der Waals surface area contributed by atoms with E-state index in [0.29, 0.717) is 19.0 Å². The van der Waals surface area contributed by atoms with Crippen LogP contribution in [0.25, 0.3) is 33.7 Å². The van der Waals surface area contributed by atoms with Crippen LogP contribution in [0.3, 0.4) is 0 Å². The largest absolute Gasteiger partial charge is 0.392 e. The highest BCUT2D eigenvalue weighted by Crippen LogP contribution is 2.33. The summed E-state index contributed by atoms with van der Waals surface area (Å²) in [5, 5.41) is 15.2. The van der Waals surface area contributed by atoms with Crippen LogP contribution in [0.2, 0.25) is 0 Å². The Morgan fingerprint density at radius 1 is 1.26 bits per heavy atom. The van der Waals surface area contributed by atoms with Gasteiger partial charge in [-0.1, -0.05) is 0 Å².